The van der Waals surface area contributed by atoms with Gasteiger partial charge in [-0.15, -0.1) is 0 Å². The number of benzene rings is 1. The smallest absolute Gasteiger partial charge is 0.108 e. The molecule has 0 nitrogen and oxygen atoms in total. The van der Waals surface area contributed by atoms with Gasteiger partial charge in [-0.1, -0.05) is 72.2 Å². The van der Waals surface area contributed by atoms with E-state index < -0.39 is 5.67 Å². The van der Waals surface area contributed by atoms with Gasteiger partial charge in [0, 0.05) is 0 Å². The third-order valence-corrected chi connectivity index (χ3v) is 9.00. The first-order valence-corrected chi connectivity index (χ1v) is 14.5. The lowest BCUT2D eigenvalue weighted by Crippen LogP contribution is -2.25. The molecule has 198 valence electrons. The molecule has 1 atom stereocenters. The van der Waals surface area contributed by atoms with E-state index in [-0.39, 0.29) is 0 Å². The van der Waals surface area contributed by atoms with E-state index in [9.17, 15) is 4.39 Å². The average molecular weight is 499 g/mol. The number of halogens is 1. The summed E-state index contributed by atoms with van der Waals surface area (Å²) in [5, 5.41) is 0. The van der Waals surface area contributed by atoms with Crippen LogP contribution in [0.15, 0.2) is 87.6 Å². The van der Waals surface area contributed by atoms with Crippen LogP contribution in [0.3, 0.4) is 0 Å². The van der Waals surface area contributed by atoms with Crippen molar-refractivity contribution in [3.05, 3.63) is 98.7 Å². The van der Waals surface area contributed by atoms with Gasteiger partial charge in [0.1, 0.15) is 5.67 Å². The molecule has 1 heteroatoms. The summed E-state index contributed by atoms with van der Waals surface area (Å²) in [7, 11) is 0. The molecule has 1 aromatic carbocycles. The Labute approximate surface area is 225 Å². The van der Waals surface area contributed by atoms with Crippen LogP contribution in [-0.4, -0.2) is 5.67 Å². The van der Waals surface area contributed by atoms with Crippen LogP contribution >= 0.6 is 0 Å². The molecular formula is C36H47F. The van der Waals surface area contributed by atoms with E-state index >= 15 is 0 Å². The first-order chi connectivity index (χ1) is 17.5. The lowest BCUT2D eigenvalue weighted by Gasteiger charge is -2.31. The van der Waals surface area contributed by atoms with Gasteiger partial charge in [-0.3, -0.25) is 0 Å². The topological polar surface area (TPSA) is 0 Å². The quantitative estimate of drug-likeness (QED) is 0.366. The van der Waals surface area contributed by atoms with E-state index in [0.717, 1.165) is 32.1 Å². The monoisotopic (exact) mass is 498 g/mol. The van der Waals surface area contributed by atoms with E-state index in [2.05, 4.69) is 90.1 Å². The molecule has 0 aromatic heterocycles. The number of aryl methyl sites for hydroxylation is 1. The second kappa shape index (κ2) is 11.5. The Morgan fingerprint density at radius 3 is 2.27 bits per heavy atom. The summed E-state index contributed by atoms with van der Waals surface area (Å²) in [6.07, 6.45) is 17.8. The minimum absolute atomic E-state index is 0.350. The minimum atomic E-state index is -0.953. The van der Waals surface area contributed by atoms with Crippen LogP contribution in [0, 0.1) is 18.8 Å². The second-order valence-corrected chi connectivity index (χ2v) is 12.4. The fourth-order valence-corrected chi connectivity index (χ4v) is 6.37. The Balaban J connectivity index is 1.65. The zero-order chi connectivity index (χ0) is 26.7. The highest BCUT2D eigenvalue weighted by atomic mass is 19.1. The Hall–Kier alpha value is -2.41. The van der Waals surface area contributed by atoms with Crippen LogP contribution in [0.25, 0.3) is 5.57 Å². The Morgan fingerprint density at radius 2 is 1.59 bits per heavy atom. The van der Waals surface area contributed by atoms with Crippen molar-refractivity contribution in [3.8, 4) is 0 Å². The standard InChI is InChI=1S/C36H47F/c1-24-11-15-31(16-12-24)33(10-8-9-30-17-19-36(7,37)20-18-30)34-22-25(2)21-32(23-28(34)5)35-27(4)14-13-26(3)29(35)6/h10-12,15-16,21-23,25,30H,8-9,13-14,17-20H2,1-7H3/b33-10-. The van der Waals surface area contributed by atoms with Gasteiger partial charge in [0.25, 0.3) is 0 Å². The number of hydrogen-bond acceptors (Lipinski definition) is 0. The van der Waals surface area contributed by atoms with Gasteiger partial charge in [-0.05, 0) is 144 Å². The van der Waals surface area contributed by atoms with E-state index in [1.807, 2.05) is 0 Å². The number of allylic oxidation sites excluding steroid dienone is 12. The lowest BCUT2D eigenvalue weighted by molar-refractivity contribution is 0.101. The molecule has 0 N–H and O–H groups in total. The van der Waals surface area contributed by atoms with E-state index in [1.54, 1.807) is 6.92 Å². The van der Waals surface area contributed by atoms with Crippen molar-refractivity contribution < 1.29 is 4.39 Å². The van der Waals surface area contributed by atoms with Crippen LogP contribution in [0.4, 0.5) is 4.39 Å². The molecule has 0 amide bonds. The van der Waals surface area contributed by atoms with Crippen molar-refractivity contribution in [1.82, 2.24) is 0 Å². The van der Waals surface area contributed by atoms with E-state index in [1.165, 1.54) is 62.1 Å². The lowest BCUT2D eigenvalue weighted by atomic mass is 9.79. The highest BCUT2D eigenvalue weighted by Crippen LogP contribution is 2.40. The van der Waals surface area contributed by atoms with Crippen LogP contribution in [0.2, 0.25) is 0 Å². The van der Waals surface area contributed by atoms with E-state index in [0.29, 0.717) is 24.7 Å². The minimum Gasteiger partial charge on any atom is -0.244 e. The molecule has 1 saturated carbocycles. The van der Waals surface area contributed by atoms with Crippen molar-refractivity contribution in [3.63, 3.8) is 0 Å². The third-order valence-electron chi connectivity index (χ3n) is 9.00. The summed E-state index contributed by atoms with van der Waals surface area (Å²) < 4.78 is 14.3. The Morgan fingerprint density at radius 1 is 0.946 bits per heavy atom. The first kappa shape index (κ1) is 27.6. The molecule has 0 radical (unpaired) electrons. The molecule has 0 heterocycles. The maximum Gasteiger partial charge on any atom is 0.108 e. The highest BCUT2D eigenvalue weighted by Gasteiger charge is 2.30. The van der Waals surface area contributed by atoms with E-state index in [4.69, 9.17) is 0 Å². The molecule has 0 saturated heterocycles. The van der Waals surface area contributed by atoms with Crippen LogP contribution in [-0.2, 0) is 0 Å². The zero-order valence-corrected chi connectivity index (χ0v) is 24.3. The number of hydrogen-bond donors (Lipinski definition) is 0. The predicted octanol–water partition coefficient (Wildman–Crippen LogP) is 11.0. The molecule has 1 unspecified atom stereocenters. The van der Waals surface area contributed by atoms with Crippen molar-refractivity contribution in [2.45, 2.75) is 106 Å². The van der Waals surface area contributed by atoms with Gasteiger partial charge in [-0.2, -0.15) is 0 Å². The Kier molecular flexibility index (Phi) is 8.62. The highest BCUT2D eigenvalue weighted by molar-refractivity contribution is 5.84. The van der Waals surface area contributed by atoms with Gasteiger partial charge < -0.3 is 0 Å². The number of rotatable bonds is 6. The van der Waals surface area contributed by atoms with Crippen molar-refractivity contribution >= 4 is 5.57 Å². The molecule has 1 fully saturated rings. The van der Waals surface area contributed by atoms with Crippen LogP contribution in [0.1, 0.15) is 104 Å². The summed E-state index contributed by atoms with van der Waals surface area (Å²) in [5.41, 5.74) is 13.0. The number of alkyl halides is 1. The van der Waals surface area contributed by atoms with Crippen molar-refractivity contribution in [1.29, 1.82) is 0 Å². The molecule has 0 bridgehead atoms. The summed E-state index contributed by atoms with van der Waals surface area (Å²) in [4.78, 5) is 0. The third kappa shape index (κ3) is 6.73. The normalized spacial score (nSPS) is 27.6. The van der Waals surface area contributed by atoms with Gasteiger partial charge in [-0.25, -0.2) is 4.39 Å². The van der Waals surface area contributed by atoms with Crippen molar-refractivity contribution in [2.24, 2.45) is 11.8 Å². The fraction of sp³-hybridized carbons (Fsp3) is 0.500. The van der Waals surface area contributed by atoms with Gasteiger partial charge in [0.15, 0.2) is 0 Å². The summed E-state index contributed by atoms with van der Waals surface area (Å²) in [5.74, 6) is 0.994. The van der Waals surface area contributed by atoms with Gasteiger partial charge in [0.2, 0.25) is 0 Å². The predicted molar refractivity (Wildman–Crippen MR) is 159 cm³/mol. The largest absolute Gasteiger partial charge is 0.244 e. The van der Waals surface area contributed by atoms with Crippen LogP contribution < -0.4 is 0 Å². The summed E-state index contributed by atoms with van der Waals surface area (Å²) in [6.45, 7) is 15.4. The molecule has 3 aliphatic rings. The van der Waals surface area contributed by atoms with Crippen molar-refractivity contribution in [2.75, 3.05) is 0 Å². The molecule has 0 aliphatic heterocycles. The first-order valence-electron chi connectivity index (χ1n) is 14.5. The van der Waals surface area contributed by atoms with Gasteiger partial charge in [0.05, 0.1) is 0 Å². The average Bonchev–Trinajstić information content (AvgIpc) is 2.99. The van der Waals surface area contributed by atoms with Crippen LogP contribution in [0.5, 0.6) is 0 Å². The maximum atomic E-state index is 14.3. The molecule has 37 heavy (non-hydrogen) atoms. The molecule has 0 spiro atoms. The zero-order valence-electron chi connectivity index (χ0n) is 24.3. The maximum absolute atomic E-state index is 14.3. The Bertz CT molecular complexity index is 1180. The molecule has 1 aromatic rings. The summed E-state index contributed by atoms with van der Waals surface area (Å²) in [6, 6.07) is 9.00. The summed E-state index contributed by atoms with van der Waals surface area (Å²) >= 11 is 0. The second-order valence-electron chi connectivity index (χ2n) is 12.4. The molecule has 4 rings (SSSR count). The molecule has 3 aliphatic carbocycles. The fourth-order valence-electron chi connectivity index (χ4n) is 6.37. The molecular weight excluding hydrogens is 451 g/mol. The van der Waals surface area contributed by atoms with Gasteiger partial charge >= 0.3 is 0 Å². The SMILES string of the molecule is CC1=CC(C2=C(C)CCC(C)=C2C)=CC(C)C=C1/C(=C\CCC1CCC(C)(F)CC1)c1ccc(C)cc1.